The van der Waals surface area contributed by atoms with Gasteiger partial charge in [0.05, 0.1) is 23.5 Å². The number of imidazole rings is 1. The molecule has 2 aromatic carbocycles. The van der Waals surface area contributed by atoms with E-state index in [0.29, 0.717) is 24.2 Å². The zero-order valence-corrected chi connectivity index (χ0v) is 12.9. The lowest BCUT2D eigenvalue weighted by Crippen LogP contribution is -2.15. The van der Waals surface area contributed by atoms with Crippen LogP contribution in [0.2, 0.25) is 0 Å². The van der Waals surface area contributed by atoms with Crippen molar-refractivity contribution in [1.29, 1.82) is 0 Å². The Kier molecular flexibility index (Phi) is 4.39. The molecule has 0 saturated carbocycles. The van der Waals surface area contributed by atoms with Crippen LogP contribution in [-0.4, -0.2) is 20.6 Å². The number of anilines is 1. The molecule has 0 aliphatic carbocycles. The number of aliphatic hydroxyl groups is 1. The highest BCUT2D eigenvalue weighted by atomic mass is 16.3. The number of nitrogens with one attached hydrogen (secondary N) is 1. The first-order valence-electron chi connectivity index (χ1n) is 7.62. The summed E-state index contributed by atoms with van der Waals surface area (Å²) in [6.45, 7) is 2.24. The molecule has 3 rings (SSSR count). The first-order chi connectivity index (χ1) is 11.1. The van der Waals surface area contributed by atoms with Gasteiger partial charge in [0.1, 0.15) is 0 Å². The van der Waals surface area contributed by atoms with E-state index in [9.17, 15) is 9.90 Å². The van der Waals surface area contributed by atoms with Gasteiger partial charge in [-0.15, -0.1) is 0 Å². The fourth-order valence-corrected chi connectivity index (χ4v) is 2.60. The number of aryl methyl sites for hydroxylation is 1. The Hall–Kier alpha value is -2.66. The molecule has 2 N–H and O–H groups in total. The molecule has 5 heteroatoms. The number of aromatic nitrogens is 2. The maximum Gasteiger partial charge on any atom is 0.226 e. The molecule has 1 amide bonds. The second-order valence-electron chi connectivity index (χ2n) is 5.49. The molecule has 23 heavy (non-hydrogen) atoms. The Balaban J connectivity index is 1.66. The summed E-state index contributed by atoms with van der Waals surface area (Å²) < 4.78 is 1.97. The summed E-state index contributed by atoms with van der Waals surface area (Å²) in [5.74, 6) is -0.0871. The second-order valence-corrected chi connectivity index (χ2v) is 5.49. The Morgan fingerprint density at radius 3 is 2.78 bits per heavy atom. The first-order valence-corrected chi connectivity index (χ1v) is 7.62. The molecule has 1 unspecified atom stereocenters. The molecular formula is C18H19N3O2. The normalized spacial score (nSPS) is 12.3. The van der Waals surface area contributed by atoms with Crippen LogP contribution in [0.5, 0.6) is 0 Å². The molecule has 5 nitrogen and oxygen atoms in total. The summed E-state index contributed by atoms with van der Waals surface area (Å²) in [5, 5.41) is 12.6. The number of aliphatic hydroxyl groups excluding tert-OH is 1. The monoisotopic (exact) mass is 309 g/mol. The summed E-state index contributed by atoms with van der Waals surface area (Å²) >= 11 is 0. The van der Waals surface area contributed by atoms with Crippen LogP contribution in [0.3, 0.4) is 0 Å². The van der Waals surface area contributed by atoms with Crippen LogP contribution in [0.25, 0.3) is 11.0 Å². The Bertz CT molecular complexity index is 824. The number of carbonyl (C=O) groups is 1. The van der Waals surface area contributed by atoms with Crippen LogP contribution in [0.1, 0.15) is 25.0 Å². The largest absolute Gasteiger partial charge is 0.389 e. The van der Waals surface area contributed by atoms with Gasteiger partial charge in [0, 0.05) is 24.2 Å². The van der Waals surface area contributed by atoms with Crippen LogP contribution < -0.4 is 5.32 Å². The third-order valence-corrected chi connectivity index (χ3v) is 3.79. The molecular weight excluding hydrogens is 290 g/mol. The van der Waals surface area contributed by atoms with E-state index in [2.05, 4.69) is 10.3 Å². The van der Waals surface area contributed by atoms with Crippen LogP contribution >= 0.6 is 0 Å². The molecule has 0 spiro atoms. The minimum absolute atomic E-state index is 0.0871. The van der Waals surface area contributed by atoms with E-state index in [1.807, 2.05) is 47.0 Å². The molecule has 0 fully saturated rings. The topological polar surface area (TPSA) is 67.2 Å². The SMILES string of the molecule is CC(O)c1ccccc1NC(=O)CCn1cnc2ccccc21. The van der Waals surface area contributed by atoms with Crippen molar-refractivity contribution in [3.05, 3.63) is 60.4 Å². The van der Waals surface area contributed by atoms with Crippen molar-refractivity contribution in [1.82, 2.24) is 9.55 Å². The van der Waals surface area contributed by atoms with Crippen molar-refractivity contribution in [3.63, 3.8) is 0 Å². The third kappa shape index (κ3) is 3.40. The van der Waals surface area contributed by atoms with Gasteiger partial charge in [0.2, 0.25) is 5.91 Å². The molecule has 0 radical (unpaired) electrons. The lowest BCUT2D eigenvalue weighted by atomic mass is 10.1. The summed E-state index contributed by atoms with van der Waals surface area (Å²) in [7, 11) is 0. The number of benzene rings is 2. The number of carbonyl (C=O) groups excluding carboxylic acids is 1. The van der Waals surface area contributed by atoms with Crippen LogP contribution in [0.15, 0.2) is 54.9 Å². The van der Waals surface area contributed by atoms with Gasteiger partial charge in [-0.25, -0.2) is 4.98 Å². The zero-order valence-electron chi connectivity index (χ0n) is 12.9. The number of rotatable bonds is 5. The number of hydrogen-bond donors (Lipinski definition) is 2. The molecule has 0 aliphatic rings. The van der Waals surface area contributed by atoms with E-state index >= 15 is 0 Å². The van der Waals surface area contributed by atoms with E-state index in [1.54, 1.807) is 19.3 Å². The van der Waals surface area contributed by atoms with Crippen LogP contribution in [0.4, 0.5) is 5.69 Å². The maximum atomic E-state index is 12.2. The quantitative estimate of drug-likeness (QED) is 0.761. The van der Waals surface area contributed by atoms with Crippen molar-refractivity contribution >= 4 is 22.6 Å². The van der Waals surface area contributed by atoms with Gasteiger partial charge in [0.15, 0.2) is 0 Å². The minimum atomic E-state index is -0.621. The number of para-hydroxylation sites is 3. The zero-order chi connectivity index (χ0) is 16.2. The van der Waals surface area contributed by atoms with Gasteiger partial charge < -0.3 is 15.0 Å². The second kappa shape index (κ2) is 6.62. The number of nitrogens with zero attached hydrogens (tertiary/aromatic N) is 2. The average molecular weight is 309 g/mol. The smallest absolute Gasteiger partial charge is 0.226 e. The van der Waals surface area contributed by atoms with E-state index in [-0.39, 0.29) is 5.91 Å². The van der Waals surface area contributed by atoms with Crippen molar-refractivity contribution < 1.29 is 9.90 Å². The number of fused-ring (bicyclic) bond motifs is 1. The average Bonchev–Trinajstić information content (AvgIpc) is 2.96. The summed E-state index contributed by atoms with van der Waals surface area (Å²) in [6, 6.07) is 15.1. The van der Waals surface area contributed by atoms with E-state index in [4.69, 9.17) is 0 Å². The molecule has 1 heterocycles. The van der Waals surface area contributed by atoms with E-state index in [1.165, 1.54) is 0 Å². The maximum absolute atomic E-state index is 12.2. The minimum Gasteiger partial charge on any atom is -0.389 e. The van der Waals surface area contributed by atoms with Crippen molar-refractivity contribution in [2.75, 3.05) is 5.32 Å². The summed E-state index contributed by atoms with van der Waals surface area (Å²) in [4.78, 5) is 16.5. The highest BCUT2D eigenvalue weighted by molar-refractivity contribution is 5.91. The Labute approximate surface area is 134 Å². The first kappa shape index (κ1) is 15.2. The van der Waals surface area contributed by atoms with Gasteiger partial charge in [-0.2, -0.15) is 0 Å². The van der Waals surface area contributed by atoms with E-state index in [0.717, 1.165) is 11.0 Å². The predicted octanol–water partition coefficient (Wildman–Crippen LogP) is 3.12. The van der Waals surface area contributed by atoms with Crippen molar-refractivity contribution in [3.8, 4) is 0 Å². The summed E-state index contributed by atoms with van der Waals surface area (Å²) in [6.07, 6.45) is 1.47. The van der Waals surface area contributed by atoms with E-state index < -0.39 is 6.10 Å². The highest BCUT2D eigenvalue weighted by Gasteiger charge is 2.10. The van der Waals surface area contributed by atoms with Gasteiger partial charge in [-0.3, -0.25) is 4.79 Å². The number of amides is 1. The summed E-state index contributed by atoms with van der Waals surface area (Å²) in [5.41, 5.74) is 3.31. The Morgan fingerprint density at radius 2 is 1.96 bits per heavy atom. The standard InChI is InChI=1S/C18H19N3O2/c1-13(22)14-6-2-3-7-15(14)20-18(23)10-11-21-12-19-16-8-4-5-9-17(16)21/h2-9,12-13,22H,10-11H2,1H3,(H,20,23). The fourth-order valence-electron chi connectivity index (χ4n) is 2.60. The Morgan fingerprint density at radius 1 is 1.22 bits per heavy atom. The number of hydrogen-bond acceptors (Lipinski definition) is 3. The molecule has 1 aromatic heterocycles. The van der Waals surface area contributed by atoms with Gasteiger partial charge in [0.25, 0.3) is 0 Å². The van der Waals surface area contributed by atoms with Crippen LogP contribution in [-0.2, 0) is 11.3 Å². The molecule has 1 atom stereocenters. The van der Waals surface area contributed by atoms with Crippen molar-refractivity contribution in [2.45, 2.75) is 26.0 Å². The molecule has 0 bridgehead atoms. The third-order valence-electron chi connectivity index (χ3n) is 3.79. The molecule has 0 aliphatic heterocycles. The molecule has 3 aromatic rings. The fraction of sp³-hybridized carbons (Fsp3) is 0.222. The van der Waals surface area contributed by atoms with Gasteiger partial charge >= 0.3 is 0 Å². The van der Waals surface area contributed by atoms with Crippen LogP contribution in [0, 0.1) is 0 Å². The predicted molar refractivity (Wildman–Crippen MR) is 90.1 cm³/mol. The van der Waals surface area contributed by atoms with Gasteiger partial charge in [-0.1, -0.05) is 30.3 Å². The van der Waals surface area contributed by atoms with Crippen molar-refractivity contribution in [2.24, 2.45) is 0 Å². The highest BCUT2D eigenvalue weighted by Crippen LogP contribution is 2.22. The molecule has 0 saturated heterocycles. The van der Waals surface area contributed by atoms with Gasteiger partial charge in [-0.05, 0) is 25.1 Å². The molecule has 118 valence electrons. The lowest BCUT2D eigenvalue weighted by molar-refractivity contribution is -0.116. The lowest BCUT2D eigenvalue weighted by Gasteiger charge is -2.13.